The fourth-order valence-electron chi connectivity index (χ4n) is 2.96. The van der Waals surface area contributed by atoms with Gasteiger partial charge in [-0.15, -0.1) is 0 Å². The van der Waals surface area contributed by atoms with Crippen LogP contribution in [-0.4, -0.2) is 23.2 Å². The number of anilines is 1. The molecular formula is C16H23ClN2OS. The van der Waals surface area contributed by atoms with E-state index in [0.717, 1.165) is 43.5 Å². The highest BCUT2D eigenvalue weighted by Gasteiger charge is 2.34. The molecule has 0 saturated carbocycles. The number of halogens is 1. The van der Waals surface area contributed by atoms with Crippen LogP contribution in [0.5, 0.6) is 0 Å². The van der Waals surface area contributed by atoms with Crippen LogP contribution in [0.15, 0.2) is 18.2 Å². The summed E-state index contributed by atoms with van der Waals surface area (Å²) in [5.74, 6) is 0. The standard InChI is InChI=1S/C16H23ClN2OS/c1-3-16(4-2)10-12(7-8-20-16)19-14-9-11(17)5-6-13(14)15(18)21/h5-6,9,12,19H,3-4,7-8,10H2,1-2H3,(H2,18,21). The molecule has 2 rings (SSSR count). The second-order valence-electron chi connectivity index (χ2n) is 5.63. The number of rotatable bonds is 5. The molecule has 0 aromatic heterocycles. The van der Waals surface area contributed by atoms with Gasteiger partial charge in [0.2, 0.25) is 0 Å². The lowest BCUT2D eigenvalue weighted by Gasteiger charge is -2.40. The van der Waals surface area contributed by atoms with Gasteiger partial charge in [0.1, 0.15) is 4.99 Å². The summed E-state index contributed by atoms with van der Waals surface area (Å²) in [7, 11) is 0. The third-order valence-electron chi connectivity index (χ3n) is 4.39. The van der Waals surface area contributed by atoms with Crippen molar-refractivity contribution in [2.75, 3.05) is 11.9 Å². The minimum absolute atomic E-state index is 0.0160. The van der Waals surface area contributed by atoms with Crippen molar-refractivity contribution in [2.45, 2.75) is 51.2 Å². The molecule has 1 aliphatic rings. The van der Waals surface area contributed by atoms with Crippen LogP contribution in [0, 0.1) is 0 Å². The van der Waals surface area contributed by atoms with Crippen LogP contribution in [-0.2, 0) is 4.74 Å². The maximum Gasteiger partial charge on any atom is 0.106 e. The Labute approximate surface area is 137 Å². The molecule has 1 aromatic carbocycles. The molecular weight excluding hydrogens is 304 g/mol. The summed E-state index contributed by atoms with van der Waals surface area (Å²) in [6, 6.07) is 5.93. The van der Waals surface area contributed by atoms with Crippen LogP contribution in [0.1, 0.15) is 45.1 Å². The Kier molecular flexibility index (Phi) is 5.47. The maximum atomic E-state index is 6.10. The number of benzene rings is 1. The normalized spacial score (nSPS) is 21.0. The number of hydrogen-bond donors (Lipinski definition) is 2. The van der Waals surface area contributed by atoms with E-state index in [1.807, 2.05) is 18.2 Å². The van der Waals surface area contributed by atoms with E-state index in [9.17, 15) is 0 Å². The topological polar surface area (TPSA) is 47.3 Å². The quantitative estimate of drug-likeness (QED) is 0.799. The third kappa shape index (κ3) is 3.87. The van der Waals surface area contributed by atoms with Gasteiger partial charge in [-0.25, -0.2) is 0 Å². The number of nitrogens with one attached hydrogen (secondary N) is 1. The van der Waals surface area contributed by atoms with Crippen molar-refractivity contribution in [1.29, 1.82) is 0 Å². The number of hydrogen-bond acceptors (Lipinski definition) is 3. The van der Waals surface area contributed by atoms with Gasteiger partial charge in [-0.05, 0) is 43.9 Å². The Morgan fingerprint density at radius 3 is 2.81 bits per heavy atom. The zero-order valence-electron chi connectivity index (χ0n) is 12.6. The lowest BCUT2D eigenvalue weighted by molar-refractivity contribution is -0.0864. The van der Waals surface area contributed by atoms with E-state index in [2.05, 4.69) is 19.2 Å². The monoisotopic (exact) mass is 326 g/mol. The zero-order chi connectivity index (χ0) is 15.5. The highest BCUT2D eigenvalue weighted by Crippen LogP contribution is 2.33. The minimum Gasteiger partial charge on any atom is -0.389 e. The highest BCUT2D eigenvalue weighted by molar-refractivity contribution is 7.80. The Balaban J connectivity index is 2.18. The molecule has 1 atom stereocenters. The fraction of sp³-hybridized carbons (Fsp3) is 0.562. The van der Waals surface area contributed by atoms with Crippen molar-refractivity contribution in [3.63, 3.8) is 0 Å². The lowest BCUT2D eigenvalue weighted by atomic mass is 9.85. The van der Waals surface area contributed by atoms with Crippen LogP contribution < -0.4 is 11.1 Å². The first-order valence-electron chi connectivity index (χ1n) is 7.49. The van der Waals surface area contributed by atoms with E-state index >= 15 is 0 Å². The summed E-state index contributed by atoms with van der Waals surface area (Å²) in [5.41, 5.74) is 7.55. The van der Waals surface area contributed by atoms with Gasteiger partial charge >= 0.3 is 0 Å². The van der Waals surface area contributed by atoms with Crippen molar-refractivity contribution >= 4 is 34.5 Å². The predicted octanol–water partition coefficient (Wildman–Crippen LogP) is 4.12. The molecule has 1 saturated heterocycles. The third-order valence-corrected chi connectivity index (χ3v) is 4.84. The first-order chi connectivity index (χ1) is 9.99. The van der Waals surface area contributed by atoms with Crippen molar-refractivity contribution < 1.29 is 4.74 Å². The summed E-state index contributed by atoms with van der Waals surface area (Å²) < 4.78 is 6.02. The van der Waals surface area contributed by atoms with Gasteiger partial charge in [-0.1, -0.05) is 37.7 Å². The second kappa shape index (κ2) is 6.95. The molecule has 0 radical (unpaired) electrons. The number of ether oxygens (including phenoxy) is 1. The average Bonchev–Trinajstić information content (AvgIpc) is 2.47. The van der Waals surface area contributed by atoms with Crippen molar-refractivity contribution in [1.82, 2.24) is 0 Å². The van der Waals surface area contributed by atoms with Crippen LogP contribution in [0.25, 0.3) is 0 Å². The van der Waals surface area contributed by atoms with E-state index < -0.39 is 0 Å². The lowest BCUT2D eigenvalue weighted by Crippen LogP contribution is -2.43. The van der Waals surface area contributed by atoms with E-state index in [0.29, 0.717) is 16.1 Å². The summed E-state index contributed by atoms with van der Waals surface area (Å²) in [4.78, 5) is 0.387. The van der Waals surface area contributed by atoms with Gasteiger partial charge in [0.05, 0.1) is 5.60 Å². The average molecular weight is 327 g/mol. The molecule has 3 nitrogen and oxygen atoms in total. The Morgan fingerprint density at radius 1 is 1.48 bits per heavy atom. The first kappa shape index (κ1) is 16.5. The Morgan fingerprint density at radius 2 is 2.19 bits per heavy atom. The van der Waals surface area contributed by atoms with Crippen LogP contribution in [0.4, 0.5) is 5.69 Å². The molecule has 0 bridgehead atoms. The summed E-state index contributed by atoms with van der Waals surface area (Å²) in [6.07, 6.45) is 4.02. The predicted molar refractivity (Wildman–Crippen MR) is 93.2 cm³/mol. The van der Waals surface area contributed by atoms with E-state index in [4.69, 9.17) is 34.3 Å². The minimum atomic E-state index is -0.0160. The van der Waals surface area contributed by atoms with Gasteiger partial charge in [0.25, 0.3) is 0 Å². The van der Waals surface area contributed by atoms with Crippen LogP contribution in [0.2, 0.25) is 5.02 Å². The van der Waals surface area contributed by atoms with Gasteiger partial charge in [-0.3, -0.25) is 0 Å². The van der Waals surface area contributed by atoms with E-state index in [1.165, 1.54) is 0 Å². The maximum absolute atomic E-state index is 6.10. The molecule has 1 heterocycles. The molecule has 1 unspecified atom stereocenters. The molecule has 1 aromatic rings. The molecule has 21 heavy (non-hydrogen) atoms. The number of nitrogens with two attached hydrogens (primary N) is 1. The zero-order valence-corrected chi connectivity index (χ0v) is 14.2. The van der Waals surface area contributed by atoms with E-state index in [-0.39, 0.29) is 5.60 Å². The summed E-state index contributed by atoms with van der Waals surface area (Å²) in [6.45, 7) is 5.15. The fourth-order valence-corrected chi connectivity index (χ4v) is 3.31. The van der Waals surface area contributed by atoms with Crippen molar-refractivity contribution in [3.8, 4) is 0 Å². The van der Waals surface area contributed by atoms with Gasteiger partial charge in [0.15, 0.2) is 0 Å². The van der Waals surface area contributed by atoms with Crippen molar-refractivity contribution in [2.24, 2.45) is 5.73 Å². The molecule has 5 heteroatoms. The van der Waals surface area contributed by atoms with E-state index in [1.54, 1.807) is 0 Å². The molecule has 116 valence electrons. The molecule has 3 N–H and O–H groups in total. The van der Waals surface area contributed by atoms with Crippen LogP contribution in [0.3, 0.4) is 0 Å². The Bertz CT molecular complexity index is 517. The summed E-state index contributed by atoms with van der Waals surface area (Å²) >= 11 is 11.2. The second-order valence-corrected chi connectivity index (χ2v) is 6.50. The largest absolute Gasteiger partial charge is 0.389 e. The molecule has 1 fully saturated rings. The number of thiocarbonyl (C=S) groups is 1. The Hall–Kier alpha value is -0.840. The summed E-state index contributed by atoms with van der Waals surface area (Å²) in [5, 5.41) is 4.25. The molecule has 0 aliphatic carbocycles. The van der Waals surface area contributed by atoms with Gasteiger partial charge in [0, 0.05) is 28.9 Å². The molecule has 0 amide bonds. The first-order valence-corrected chi connectivity index (χ1v) is 8.28. The highest BCUT2D eigenvalue weighted by atomic mass is 35.5. The van der Waals surface area contributed by atoms with Crippen molar-refractivity contribution in [3.05, 3.63) is 28.8 Å². The van der Waals surface area contributed by atoms with Crippen LogP contribution >= 0.6 is 23.8 Å². The molecule has 1 aliphatic heterocycles. The smallest absolute Gasteiger partial charge is 0.106 e. The van der Waals surface area contributed by atoms with Gasteiger partial charge < -0.3 is 15.8 Å². The molecule has 0 spiro atoms. The van der Waals surface area contributed by atoms with Gasteiger partial charge in [-0.2, -0.15) is 0 Å². The SMILES string of the molecule is CCC1(CC)CC(Nc2cc(Cl)ccc2C(N)=S)CCO1.